The molecule has 0 amide bonds. The number of thiophene rings is 1. The Morgan fingerprint density at radius 3 is 2.10 bits per heavy atom. The van der Waals surface area contributed by atoms with E-state index in [1.54, 1.807) is 47.0 Å². The number of hydrogen-bond donors (Lipinski definition) is 0. The predicted octanol–water partition coefficient (Wildman–Crippen LogP) is 7.89. The summed E-state index contributed by atoms with van der Waals surface area (Å²) in [5.74, 6) is -1.51. The topological polar surface area (TPSA) is 68.6 Å². The lowest BCUT2D eigenvalue weighted by Crippen LogP contribution is -2.22. The number of aromatic nitrogens is 1. The molecule has 0 bridgehead atoms. The zero-order valence-electron chi connectivity index (χ0n) is 26.4. The molecule has 0 fully saturated rings. The fourth-order valence-corrected chi connectivity index (χ4v) is 6.96. The van der Waals surface area contributed by atoms with Crippen molar-refractivity contribution in [3.8, 4) is 16.2 Å². The van der Waals surface area contributed by atoms with Crippen molar-refractivity contribution in [3.63, 3.8) is 0 Å². The van der Waals surface area contributed by atoms with Gasteiger partial charge in [-0.05, 0) is 67.1 Å². The van der Waals surface area contributed by atoms with Gasteiger partial charge in [0, 0.05) is 35.3 Å². The largest absolute Gasteiger partial charge is 0.486 e. The Bertz CT molecular complexity index is 2140. The second kappa shape index (κ2) is 14.3. The Morgan fingerprint density at radius 2 is 1.46 bits per heavy atom. The number of benzene rings is 4. The van der Waals surface area contributed by atoms with Crippen LogP contribution < -0.4 is 10.2 Å². The molecule has 0 N–H and O–H groups in total. The Kier molecular flexibility index (Phi) is 9.70. The summed E-state index contributed by atoms with van der Waals surface area (Å²) in [6.45, 7) is 2.10. The van der Waals surface area contributed by atoms with E-state index in [1.807, 2.05) is 49.5 Å². The van der Waals surface area contributed by atoms with Crippen molar-refractivity contribution >= 4 is 33.1 Å². The van der Waals surface area contributed by atoms with E-state index >= 15 is 8.78 Å². The number of fused-ring (bicyclic) bond motifs is 1. The molecule has 0 radical (unpaired) electrons. The Labute approximate surface area is 280 Å². The number of hydrogen-bond acceptors (Lipinski definition) is 6. The lowest BCUT2D eigenvalue weighted by Gasteiger charge is -2.18. The minimum Gasteiger partial charge on any atom is -0.486 e. The van der Waals surface area contributed by atoms with Crippen molar-refractivity contribution < 1.29 is 23.1 Å². The third-order valence-corrected chi connectivity index (χ3v) is 9.28. The first-order valence-corrected chi connectivity index (χ1v) is 16.2. The van der Waals surface area contributed by atoms with E-state index in [1.165, 1.54) is 42.7 Å². The van der Waals surface area contributed by atoms with E-state index in [-0.39, 0.29) is 30.1 Å². The molecule has 4 aromatic carbocycles. The van der Waals surface area contributed by atoms with Crippen LogP contribution in [0.2, 0.25) is 0 Å². The zero-order valence-corrected chi connectivity index (χ0v) is 27.2. The molecule has 0 aliphatic rings. The predicted molar refractivity (Wildman–Crippen MR) is 185 cm³/mol. The third kappa shape index (κ3) is 7.02. The van der Waals surface area contributed by atoms with E-state index in [0.29, 0.717) is 40.2 Å². The zero-order chi connectivity index (χ0) is 33.8. The number of pyridine rings is 1. The number of carbonyl (C=O) groups is 2. The third-order valence-electron chi connectivity index (χ3n) is 7.96. The Balaban J connectivity index is 1.56. The van der Waals surface area contributed by atoms with Gasteiger partial charge in [-0.25, -0.2) is 8.78 Å². The molecule has 9 heteroatoms. The summed E-state index contributed by atoms with van der Waals surface area (Å²) in [5.41, 5.74) is 2.18. The molecule has 48 heavy (non-hydrogen) atoms. The van der Waals surface area contributed by atoms with Crippen LogP contribution in [0.5, 0.6) is 5.75 Å². The first-order valence-electron chi connectivity index (χ1n) is 15.4. The highest BCUT2D eigenvalue weighted by Crippen LogP contribution is 2.39. The monoisotopic (exact) mass is 662 g/mol. The summed E-state index contributed by atoms with van der Waals surface area (Å²) >= 11 is 1.32. The van der Waals surface area contributed by atoms with Crippen molar-refractivity contribution in [2.45, 2.75) is 26.6 Å². The van der Waals surface area contributed by atoms with Gasteiger partial charge in [0.2, 0.25) is 5.43 Å². The van der Waals surface area contributed by atoms with E-state index in [0.717, 1.165) is 16.0 Å². The Morgan fingerprint density at radius 1 is 0.812 bits per heavy atom. The van der Waals surface area contributed by atoms with Gasteiger partial charge in [-0.2, -0.15) is 0 Å². The normalized spacial score (nSPS) is 11.3. The lowest BCUT2D eigenvalue weighted by atomic mass is 10.0. The first-order chi connectivity index (χ1) is 23.2. The molecule has 0 spiro atoms. The van der Waals surface area contributed by atoms with Gasteiger partial charge in [-0.15, -0.1) is 11.3 Å². The van der Waals surface area contributed by atoms with Crippen LogP contribution in [-0.4, -0.2) is 34.7 Å². The van der Waals surface area contributed by atoms with Gasteiger partial charge in [-0.3, -0.25) is 19.3 Å². The minimum absolute atomic E-state index is 0.0534. The van der Waals surface area contributed by atoms with Crippen LogP contribution in [0, 0.1) is 11.6 Å². The van der Waals surface area contributed by atoms with Crippen LogP contribution in [0.3, 0.4) is 0 Å². The molecular weight excluding hydrogens is 631 g/mol. The van der Waals surface area contributed by atoms with E-state index < -0.39 is 22.8 Å². The number of rotatable bonds is 12. The van der Waals surface area contributed by atoms with Crippen LogP contribution in [0.25, 0.3) is 20.7 Å². The van der Waals surface area contributed by atoms with Crippen LogP contribution in [0.15, 0.2) is 114 Å². The van der Waals surface area contributed by atoms with Gasteiger partial charge in [-0.1, -0.05) is 66.7 Å². The molecule has 242 valence electrons. The summed E-state index contributed by atoms with van der Waals surface area (Å²) in [5, 5.41) is 0.324. The molecule has 2 heterocycles. The molecule has 0 saturated carbocycles. The maximum Gasteiger partial charge on any atom is 0.201 e. The van der Waals surface area contributed by atoms with Crippen molar-refractivity contribution in [3.05, 3.63) is 159 Å². The molecule has 0 atom stereocenters. The maximum atomic E-state index is 15.0. The van der Waals surface area contributed by atoms with Crippen molar-refractivity contribution in [2.75, 3.05) is 13.7 Å². The van der Waals surface area contributed by atoms with E-state index in [2.05, 4.69) is 4.90 Å². The SMILES string of the molecule is CC(=O)COc1ccc(-c2sc3c(c2CN(C)Cc2ccccc2)c(=O)c(C(=O)c2ccccc2)cn3Cc2c(F)cccc2F)cc1. The van der Waals surface area contributed by atoms with Crippen LogP contribution in [-0.2, 0) is 24.4 Å². The molecular formula is C39H32F2N2O4S. The van der Waals surface area contributed by atoms with E-state index in [9.17, 15) is 14.4 Å². The Hall–Kier alpha value is -5.25. The number of Topliss-reactive ketones (excluding diaryl/α,β-unsaturated/α-hetero) is 1. The average Bonchev–Trinajstić information content (AvgIpc) is 3.46. The van der Waals surface area contributed by atoms with Crippen molar-refractivity contribution in [1.29, 1.82) is 0 Å². The van der Waals surface area contributed by atoms with Crippen LogP contribution >= 0.6 is 11.3 Å². The number of ketones is 2. The maximum absolute atomic E-state index is 15.0. The molecule has 6 rings (SSSR count). The molecule has 2 aromatic heterocycles. The lowest BCUT2D eigenvalue weighted by molar-refractivity contribution is -0.118. The molecule has 0 aliphatic carbocycles. The van der Waals surface area contributed by atoms with Gasteiger partial charge < -0.3 is 9.30 Å². The fourth-order valence-electron chi connectivity index (χ4n) is 5.67. The highest BCUT2D eigenvalue weighted by Gasteiger charge is 2.25. The van der Waals surface area contributed by atoms with Crippen molar-refractivity contribution in [2.24, 2.45) is 0 Å². The quantitative estimate of drug-likeness (QED) is 0.125. The average molecular weight is 663 g/mol. The smallest absolute Gasteiger partial charge is 0.201 e. The van der Waals surface area contributed by atoms with Crippen LogP contribution in [0.4, 0.5) is 8.78 Å². The van der Waals surface area contributed by atoms with Crippen molar-refractivity contribution in [1.82, 2.24) is 9.47 Å². The molecule has 6 nitrogen and oxygen atoms in total. The second-order valence-electron chi connectivity index (χ2n) is 11.7. The first kappa shape index (κ1) is 32.7. The highest BCUT2D eigenvalue weighted by molar-refractivity contribution is 7.22. The number of ether oxygens (including phenoxy) is 1. The summed E-state index contributed by atoms with van der Waals surface area (Å²) in [7, 11) is 1.95. The summed E-state index contributed by atoms with van der Waals surface area (Å²) in [6.07, 6.45) is 1.42. The molecule has 0 aliphatic heterocycles. The van der Waals surface area contributed by atoms with Gasteiger partial charge in [0.25, 0.3) is 0 Å². The molecule has 6 aromatic rings. The number of halogens is 2. The standard InChI is InChI=1S/C39H32F2N2O4S/c1-25(44)24-47-29-18-16-28(17-19-29)38-31(21-42(2)20-26-10-5-3-6-11-26)35-37(46)32(36(45)27-12-7-4-8-13-27)23-43(39(35)48-38)22-30-33(40)14-9-15-34(30)41/h3-19,23H,20-22,24H2,1-2H3. The second-order valence-corrected chi connectivity index (χ2v) is 12.7. The van der Waals surface area contributed by atoms with Gasteiger partial charge in [0.15, 0.2) is 11.6 Å². The highest BCUT2D eigenvalue weighted by atomic mass is 32.1. The number of nitrogens with zero attached hydrogens (tertiary/aromatic N) is 2. The van der Waals surface area contributed by atoms with Gasteiger partial charge in [0.05, 0.1) is 17.5 Å². The van der Waals surface area contributed by atoms with Gasteiger partial charge in [0.1, 0.15) is 28.8 Å². The fraction of sp³-hybridized carbons (Fsp3) is 0.154. The summed E-state index contributed by atoms with van der Waals surface area (Å²) < 4.78 is 37.2. The number of carbonyl (C=O) groups excluding carboxylic acids is 2. The molecule has 0 saturated heterocycles. The van der Waals surface area contributed by atoms with Crippen LogP contribution in [0.1, 0.15) is 39.5 Å². The van der Waals surface area contributed by atoms with E-state index in [4.69, 9.17) is 4.74 Å². The molecule has 0 unspecified atom stereocenters. The van der Waals surface area contributed by atoms with Gasteiger partial charge >= 0.3 is 0 Å². The summed E-state index contributed by atoms with van der Waals surface area (Å²) in [4.78, 5) is 43.1. The minimum atomic E-state index is -0.724. The summed E-state index contributed by atoms with van der Waals surface area (Å²) in [6, 6.07) is 29.3.